The van der Waals surface area contributed by atoms with E-state index in [4.69, 9.17) is 4.74 Å². The number of carbonyl (C=O) groups is 1. The smallest absolute Gasteiger partial charge is 0.313 e. The van der Waals surface area contributed by atoms with Gasteiger partial charge in [0.05, 0.1) is 17.6 Å². The Labute approximate surface area is 113 Å². The van der Waals surface area contributed by atoms with Crippen molar-refractivity contribution in [2.45, 2.75) is 40.2 Å². The Kier molecular flexibility index (Phi) is 3.88. The Morgan fingerprint density at radius 3 is 2.79 bits per heavy atom. The molecule has 4 nitrogen and oxygen atoms in total. The first-order chi connectivity index (χ1) is 9.02. The van der Waals surface area contributed by atoms with Crippen LogP contribution in [-0.4, -0.2) is 22.1 Å². The van der Waals surface area contributed by atoms with Crippen LogP contribution in [0, 0.1) is 6.92 Å². The zero-order valence-corrected chi connectivity index (χ0v) is 11.9. The van der Waals surface area contributed by atoms with Gasteiger partial charge in [0.15, 0.2) is 0 Å². The third-order valence-electron chi connectivity index (χ3n) is 3.04. The summed E-state index contributed by atoms with van der Waals surface area (Å²) in [7, 11) is 0. The number of hydrogen-bond acceptors (Lipinski definition) is 3. The monoisotopic (exact) mass is 260 g/mol. The van der Waals surface area contributed by atoms with E-state index in [1.807, 2.05) is 19.9 Å². The number of benzene rings is 1. The largest absolute Gasteiger partial charge is 0.466 e. The maximum absolute atomic E-state index is 11.7. The van der Waals surface area contributed by atoms with E-state index in [0.29, 0.717) is 6.61 Å². The van der Waals surface area contributed by atoms with Crippen molar-refractivity contribution < 1.29 is 9.53 Å². The van der Waals surface area contributed by atoms with Crippen LogP contribution in [0.25, 0.3) is 11.0 Å². The molecular weight excluding hydrogens is 240 g/mol. The molecule has 0 bridgehead atoms. The van der Waals surface area contributed by atoms with Crippen LogP contribution in [0.2, 0.25) is 0 Å². The number of ether oxygens (including phenoxy) is 1. The highest BCUT2D eigenvalue weighted by Crippen LogP contribution is 2.22. The molecule has 0 aliphatic carbocycles. The first-order valence-electron chi connectivity index (χ1n) is 6.66. The second-order valence-corrected chi connectivity index (χ2v) is 4.97. The molecule has 102 valence electrons. The van der Waals surface area contributed by atoms with Crippen LogP contribution in [0.4, 0.5) is 0 Å². The number of aromatic nitrogens is 2. The van der Waals surface area contributed by atoms with Gasteiger partial charge in [0.25, 0.3) is 0 Å². The summed E-state index contributed by atoms with van der Waals surface area (Å²) in [5, 5.41) is 0. The Morgan fingerprint density at radius 2 is 2.16 bits per heavy atom. The van der Waals surface area contributed by atoms with Gasteiger partial charge in [-0.25, -0.2) is 4.98 Å². The summed E-state index contributed by atoms with van der Waals surface area (Å²) in [4.78, 5) is 16.2. The second-order valence-electron chi connectivity index (χ2n) is 4.97. The standard InChI is InChI=1S/C15H20N2O2/c1-5-19-15(18)9-14-16-12-8-11(4)6-7-13(12)17(14)10(2)3/h6-8,10H,5,9H2,1-4H3. The quantitative estimate of drug-likeness (QED) is 0.794. The van der Waals surface area contributed by atoms with E-state index in [0.717, 1.165) is 16.9 Å². The number of fused-ring (bicyclic) bond motifs is 1. The molecule has 19 heavy (non-hydrogen) atoms. The number of rotatable bonds is 4. The Balaban J connectivity index is 2.47. The van der Waals surface area contributed by atoms with E-state index >= 15 is 0 Å². The zero-order valence-electron chi connectivity index (χ0n) is 11.9. The Hall–Kier alpha value is -1.84. The van der Waals surface area contributed by atoms with Gasteiger partial charge in [-0.3, -0.25) is 4.79 Å². The molecule has 0 saturated carbocycles. The number of carbonyl (C=O) groups excluding carboxylic acids is 1. The van der Waals surface area contributed by atoms with Gasteiger partial charge in [0.1, 0.15) is 12.2 Å². The van der Waals surface area contributed by atoms with Crippen molar-refractivity contribution in [3.63, 3.8) is 0 Å². The van der Waals surface area contributed by atoms with Crippen molar-refractivity contribution in [2.75, 3.05) is 6.61 Å². The summed E-state index contributed by atoms with van der Waals surface area (Å²) in [5.74, 6) is 0.547. The minimum absolute atomic E-state index is 0.222. The van der Waals surface area contributed by atoms with Gasteiger partial charge < -0.3 is 9.30 Å². The fourth-order valence-electron chi connectivity index (χ4n) is 2.30. The van der Waals surface area contributed by atoms with Crippen molar-refractivity contribution in [3.05, 3.63) is 29.6 Å². The molecule has 1 aromatic heterocycles. The van der Waals surface area contributed by atoms with Crippen molar-refractivity contribution in [1.82, 2.24) is 9.55 Å². The minimum atomic E-state index is -0.226. The maximum Gasteiger partial charge on any atom is 0.313 e. The van der Waals surface area contributed by atoms with Crippen LogP contribution in [0.15, 0.2) is 18.2 Å². The van der Waals surface area contributed by atoms with Crippen LogP contribution in [0.1, 0.15) is 38.2 Å². The van der Waals surface area contributed by atoms with Crippen LogP contribution < -0.4 is 0 Å². The van der Waals surface area contributed by atoms with E-state index < -0.39 is 0 Å². The summed E-state index contributed by atoms with van der Waals surface area (Å²) < 4.78 is 7.11. The van der Waals surface area contributed by atoms with Gasteiger partial charge in [0.2, 0.25) is 0 Å². The van der Waals surface area contributed by atoms with Gasteiger partial charge in [0, 0.05) is 6.04 Å². The molecule has 4 heteroatoms. The predicted molar refractivity (Wildman–Crippen MR) is 75.2 cm³/mol. The molecular formula is C15H20N2O2. The lowest BCUT2D eigenvalue weighted by Crippen LogP contribution is -2.14. The predicted octanol–water partition coefficient (Wildman–Crippen LogP) is 3.03. The van der Waals surface area contributed by atoms with Crippen LogP contribution >= 0.6 is 0 Å². The van der Waals surface area contributed by atoms with E-state index in [2.05, 4.69) is 35.5 Å². The molecule has 0 aliphatic rings. The average Bonchev–Trinajstić information content (AvgIpc) is 2.65. The highest BCUT2D eigenvalue weighted by molar-refractivity contribution is 5.79. The molecule has 0 spiro atoms. The third-order valence-corrected chi connectivity index (χ3v) is 3.04. The second kappa shape index (κ2) is 5.43. The van der Waals surface area contributed by atoms with Crippen LogP contribution in [-0.2, 0) is 16.0 Å². The lowest BCUT2D eigenvalue weighted by Gasteiger charge is -2.12. The minimum Gasteiger partial charge on any atom is -0.466 e. The lowest BCUT2D eigenvalue weighted by molar-refractivity contribution is -0.142. The molecule has 0 unspecified atom stereocenters. The zero-order chi connectivity index (χ0) is 14.0. The van der Waals surface area contributed by atoms with Crippen molar-refractivity contribution in [1.29, 1.82) is 0 Å². The molecule has 2 aromatic rings. The summed E-state index contributed by atoms with van der Waals surface area (Å²) in [5.41, 5.74) is 3.18. The Morgan fingerprint density at radius 1 is 1.42 bits per heavy atom. The van der Waals surface area contributed by atoms with Crippen molar-refractivity contribution in [3.8, 4) is 0 Å². The molecule has 0 aliphatic heterocycles. The van der Waals surface area contributed by atoms with E-state index in [-0.39, 0.29) is 18.4 Å². The summed E-state index contributed by atoms with van der Waals surface area (Å²) in [6, 6.07) is 6.43. The summed E-state index contributed by atoms with van der Waals surface area (Å²) in [6.07, 6.45) is 0.222. The highest BCUT2D eigenvalue weighted by atomic mass is 16.5. The lowest BCUT2D eigenvalue weighted by atomic mass is 10.2. The molecule has 1 heterocycles. The van der Waals surface area contributed by atoms with E-state index in [1.54, 1.807) is 0 Å². The number of nitrogens with zero attached hydrogens (tertiary/aromatic N) is 2. The summed E-state index contributed by atoms with van der Waals surface area (Å²) >= 11 is 0. The number of hydrogen-bond donors (Lipinski definition) is 0. The first-order valence-corrected chi connectivity index (χ1v) is 6.66. The molecule has 0 fully saturated rings. The number of esters is 1. The molecule has 1 aromatic carbocycles. The fraction of sp³-hybridized carbons (Fsp3) is 0.467. The average molecular weight is 260 g/mol. The molecule has 0 saturated heterocycles. The van der Waals surface area contributed by atoms with E-state index in [1.165, 1.54) is 5.56 Å². The topological polar surface area (TPSA) is 44.1 Å². The molecule has 2 rings (SSSR count). The highest BCUT2D eigenvalue weighted by Gasteiger charge is 2.16. The SMILES string of the molecule is CCOC(=O)Cc1nc2cc(C)ccc2n1C(C)C. The van der Waals surface area contributed by atoms with Gasteiger partial charge in [-0.2, -0.15) is 0 Å². The molecule has 0 N–H and O–H groups in total. The summed E-state index contributed by atoms with van der Waals surface area (Å²) in [6.45, 7) is 8.44. The van der Waals surface area contributed by atoms with Gasteiger partial charge in [-0.05, 0) is 45.4 Å². The molecule has 0 amide bonds. The Bertz CT molecular complexity index is 599. The van der Waals surface area contributed by atoms with Crippen molar-refractivity contribution >= 4 is 17.0 Å². The third kappa shape index (κ3) is 2.78. The fourth-order valence-corrected chi connectivity index (χ4v) is 2.30. The van der Waals surface area contributed by atoms with Crippen LogP contribution in [0.5, 0.6) is 0 Å². The first kappa shape index (κ1) is 13.6. The number of imidazole rings is 1. The van der Waals surface area contributed by atoms with Gasteiger partial charge in [-0.15, -0.1) is 0 Å². The van der Waals surface area contributed by atoms with E-state index in [9.17, 15) is 4.79 Å². The van der Waals surface area contributed by atoms with Crippen molar-refractivity contribution in [2.24, 2.45) is 0 Å². The maximum atomic E-state index is 11.7. The van der Waals surface area contributed by atoms with Gasteiger partial charge in [-0.1, -0.05) is 6.07 Å². The number of aryl methyl sites for hydroxylation is 1. The van der Waals surface area contributed by atoms with Gasteiger partial charge >= 0.3 is 5.97 Å². The normalized spacial score (nSPS) is 11.2. The molecule has 0 atom stereocenters. The van der Waals surface area contributed by atoms with Crippen LogP contribution in [0.3, 0.4) is 0 Å². The molecule has 0 radical (unpaired) electrons.